The van der Waals surface area contributed by atoms with Crippen LogP contribution in [0, 0.1) is 5.82 Å². The zero-order valence-corrected chi connectivity index (χ0v) is 14.3. The van der Waals surface area contributed by atoms with Crippen LogP contribution in [0.3, 0.4) is 0 Å². The predicted octanol–water partition coefficient (Wildman–Crippen LogP) is 3.63. The molecule has 2 aromatic heterocycles. The fraction of sp³-hybridized carbons (Fsp3) is 0.278. The standard InChI is InChI=1S/C18H15F3N4O2/c1-24-12(9-27-18(24)26)8-25-16-5-11(6-22-15(16)7-23-25)10-2-3-14(19)13(4-10)17(20)21/h2-7,12,17H,8-9H2,1H3/t12-/m1/s1. The zero-order chi connectivity index (χ0) is 19.1. The molecule has 1 fully saturated rings. The van der Waals surface area contributed by atoms with Crippen LogP contribution >= 0.6 is 0 Å². The lowest BCUT2D eigenvalue weighted by Gasteiger charge is -2.16. The van der Waals surface area contributed by atoms with E-state index in [1.807, 2.05) is 0 Å². The van der Waals surface area contributed by atoms with Crippen LogP contribution in [0.4, 0.5) is 18.0 Å². The van der Waals surface area contributed by atoms with Gasteiger partial charge in [0.05, 0.1) is 29.9 Å². The molecule has 1 aliphatic heterocycles. The number of halogens is 3. The minimum Gasteiger partial charge on any atom is -0.447 e. The fourth-order valence-corrected chi connectivity index (χ4v) is 3.06. The molecule has 6 nitrogen and oxygen atoms in total. The van der Waals surface area contributed by atoms with Gasteiger partial charge in [0.25, 0.3) is 6.43 Å². The number of carbonyl (C=O) groups excluding carboxylic acids is 1. The number of likely N-dealkylation sites (N-methyl/N-ethyl adjacent to an activating group) is 1. The quantitative estimate of drug-likeness (QED) is 0.698. The topological polar surface area (TPSA) is 60.2 Å². The Labute approximate surface area is 152 Å². The summed E-state index contributed by atoms with van der Waals surface area (Å²) >= 11 is 0. The van der Waals surface area contributed by atoms with E-state index in [9.17, 15) is 18.0 Å². The minimum absolute atomic E-state index is 0.166. The van der Waals surface area contributed by atoms with Crippen molar-refractivity contribution >= 4 is 17.1 Å². The second-order valence-electron chi connectivity index (χ2n) is 6.33. The third kappa shape index (κ3) is 3.09. The van der Waals surface area contributed by atoms with Crippen LogP contribution in [0.25, 0.3) is 22.2 Å². The normalized spacial score (nSPS) is 17.1. The summed E-state index contributed by atoms with van der Waals surface area (Å²) in [5.41, 5.74) is 1.67. The summed E-state index contributed by atoms with van der Waals surface area (Å²) in [6.45, 7) is 0.669. The van der Waals surface area contributed by atoms with E-state index in [1.165, 1.54) is 17.2 Å². The van der Waals surface area contributed by atoms with Gasteiger partial charge < -0.3 is 9.64 Å². The van der Waals surface area contributed by atoms with Crippen molar-refractivity contribution in [1.82, 2.24) is 19.7 Å². The highest BCUT2D eigenvalue weighted by molar-refractivity contribution is 5.80. The van der Waals surface area contributed by atoms with E-state index in [0.717, 1.165) is 12.1 Å². The van der Waals surface area contributed by atoms with Gasteiger partial charge in [0, 0.05) is 18.8 Å². The number of pyridine rings is 1. The van der Waals surface area contributed by atoms with Crippen LogP contribution in [0.5, 0.6) is 0 Å². The second kappa shape index (κ2) is 6.57. The summed E-state index contributed by atoms with van der Waals surface area (Å²) in [6, 6.07) is 5.17. The number of aromatic nitrogens is 3. The van der Waals surface area contributed by atoms with Crippen LogP contribution in [0.15, 0.2) is 36.7 Å². The first-order chi connectivity index (χ1) is 12.9. The van der Waals surface area contributed by atoms with Crippen molar-refractivity contribution in [3.63, 3.8) is 0 Å². The molecule has 0 saturated carbocycles. The van der Waals surface area contributed by atoms with Crippen LogP contribution < -0.4 is 0 Å². The third-order valence-electron chi connectivity index (χ3n) is 4.68. The van der Waals surface area contributed by atoms with E-state index in [-0.39, 0.29) is 18.7 Å². The number of hydrogen-bond donors (Lipinski definition) is 0. The van der Waals surface area contributed by atoms with Crippen molar-refractivity contribution in [1.29, 1.82) is 0 Å². The van der Waals surface area contributed by atoms with Crippen LogP contribution in [0.1, 0.15) is 12.0 Å². The van der Waals surface area contributed by atoms with Crippen LogP contribution in [-0.4, -0.2) is 45.5 Å². The van der Waals surface area contributed by atoms with Crippen molar-refractivity contribution < 1.29 is 22.7 Å². The van der Waals surface area contributed by atoms with Gasteiger partial charge in [-0.2, -0.15) is 5.10 Å². The van der Waals surface area contributed by atoms with Gasteiger partial charge in [-0.05, 0) is 23.8 Å². The van der Waals surface area contributed by atoms with E-state index in [0.29, 0.717) is 28.7 Å². The van der Waals surface area contributed by atoms with Crippen LogP contribution in [0.2, 0.25) is 0 Å². The van der Waals surface area contributed by atoms with Gasteiger partial charge in [-0.3, -0.25) is 9.67 Å². The van der Waals surface area contributed by atoms with Gasteiger partial charge in [-0.25, -0.2) is 18.0 Å². The Morgan fingerprint density at radius 1 is 1.26 bits per heavy atom. The number of hydrogen-bond acceptors (Lipinski definition) is 4. The molecule has 3 aromatic rings. The van der Waals surface area contributed by atoms with Gasteiger partial charge >= 0.3 is 6.09 Å². The Hall–Kier alpha value is -3.10. The highest BCUT2D eigenvalue weighted by Gasteiger charge is 2.30. The summed E-state index contributed by atoms with van der Waals surface area (Å²) in [6.07, 6.45) is -0.166. The van der Waals surface area contributed by atoms with E-state index >= 15 is 0 Å². The van der Waals surface area contributed by atoms with Gasteiger partial charge in [0.15, 0.2) is 0 Å². The highest BCUT2D eigenvalue weighted by Crippen LogP contribution is 2.29. The molecule has 0 N–H and O–H groups in total. The molecule has 1 saturated heterocycles. The maximum atomic E-state index is 13.5. The lowest BCUT2D eigenvalue weighted by atomic mass is 10.0. The van der Waals surface area contributed by atoms with Crippen molar-refractivity contribution in [3.05, 3.63) is 48.0 Å². The molecule has 0 aliphatic carbocycles. The van der Waals surface area contributed by atoms with Gasteiger partial charge in [-0.15, -0.1) is 0 Å². The molecule has 1 aromatic carbocycles. The Kier molecular flexibility index (Phi) is 4.21. The molecule has 1 atom stereocenters. The maximum absolute atomic E-state index is 13.5. The number of rotatable bonds is 4. The average molecular weight is 376 g/mol. The Bertz CT molecular complexity index is 1020. The molecule has 9 heteroatoms. The lowest BCUT2D eigenvalue weighted by molar-refractivity contribution is 0.146. The molecular weight excluding hydrogens is 361 g/mol. The molecule has 0 spiro atoms. The molecule has 0 bridgehead atoms. The monoisotopic (exact) mass is 376 g/mol. The number of fused-ring (bicyclic) bond motifs is 1. The van der Waals surface area contributed by atoms with Crippen LogP contribution in [-0.2, 0) is 11.3 Å². The molecule has 4 rings (SSSR count). The summed E-state index contributed by atoms with van der Waals surface area (Å²) in [7, 11) is 1.65. The van der Waals surface area contributed by atoms with Crippen molar-refractivity contribution in [3.8, 4) is 11.1 Å². The maximum Gasteiger partial charge on any atom is 0.410 e. The summed E-state index contributed by atoms with van der Waals surface area (Å²) in [5, 5.41) is 4.29. The summed E-state index contributed by atoms with van der Waals surface area (Å²) < 4.78 is 46.2. The van der Waals surface area contributed by atoms with Crippen molar-refractivity contribution in [2.45, 2.75) is 19.0 Å². The first kappa shape index (κ1) is 17.3. The Balaban J connectivity index is 1.70. The average Bonchev–Trinajstić information content (AvgIpc) is 3.20. The van der Waals surface area contributed by atoms with E-state index in [1.54, 1.807) is 24.0 Å². The first-order valence-corrected chi connectivity index (χ1v) is 8.23. The second-order valence-corrected chi connectivity index (χ2v) is 6.33. The first-order valence-electron chi connectivity index (χ1n) is 8.23. The van der Waals surface area contributed by atoms with Crippen molar-refractivity contribution in [2.75, 3.05) is 13.7 Å². The Morgan fingerprint density at radius 2 is 2.07 bits per heavy atom. The largest absolute Gasteiger partial charge is 0.447 e. The lowest BCUT2D eigenvalue weighted by Crippen LogP contribution is -2.33. The molecule has 27 heavy (non-hydrogen) atoms. The smallest absolute Gasteiger partial charge is 0.410 e. The molecule has 1 aliphatic rings. The number of amides is 1. The van der Waals surface area contributed by atoms with Gasteiger partial charge in [0.2, 0.25) is 0 Å². The Morgan fingerprint density at radius 3 is 2.78 bits per heavy atom. The summed E-state index contributed by atoms with van der Waals surface area (Å²) in [4.78, 5) is 17.3. The molecule has 1 amide bonds. The number of cyclic esters (lactones) is 1. The van der Waals surface area contributed by atoms with E-state index < -0.39 is 17.8 Å². The summed E-state index contributed by atoms with van der Waals surface area (Å²) in [5.74, 6) is -0.943. The van der Waals surface area contributed by atoms with Gasteiger partial charge in [0.1, 0.15) is 17.9 Å². The molecule has 140 valence electrons. The van der Waals surface area contributed by atoms with Crippen molar-refractivity contribution in [2.24, 2.45) is 0 Å². The predicted molar refractivity (Wildman–Crippen MR) is 90.8 cm³/mol. The minimum atomic E-state index is -2.90. The number of alkyl halides is 2. The molecule has 0 radical (unpaired) electrons. The highest BCUT2D eigenvalue weighted by atomic mass is 19.3. The molecule has 0 unspecified atom stereocenters. The van der Waals surface area contributed by atoms with E-state index in [2.05, 4.69) is 10.1 Å². The van der Waals surface area contributed by atoms with Gasteiger partial charge in [-0.1, -0.05) is 6.07 Å². The molecular formula is C18H15F3N4O2. The van der Waals surface area contributed by atoms with E-state index in [4.69, 9.17) is 4.74 Å². The zero-order valence-electron chi connectivity index (χ0n) is 14.3. The fourth-order valence-electron chi connectivity index (χ4n) is 3.06. The number of carbonyl (C=O) groups is 1. The third-order valence-corrected chi connectivity index (χ3v) is 4.68. The molecule has 3 heterocycles. The number of nitrogens with zero attached hydrogens (tertiary/aromatic N) is 4. The SMILES string of the molecule is CN1C(=O)OC[C@H]1Cn1ncc2ncc(-c3ccc(F)c(C(F)F)c3)cc21. The number of ether oxygens (including phenoxy) is 1. The number of benzene rings is 1.